The number of allylic oxidation sites excluding steroid dienone is 1. The van der Waals surface area contributed by atoms with Crippen LogP contribution in [-0.2, 0) is 42.9 Å². The summed E-state index contributed by atoms with van der Waals surface area (Å²) in [6, 6.07) is 44.7. The molecule has 0 atom stereocenters. The van der Waals surface area contributed by atoms with Gasteiger partial charge in [-0.05, 0) is 236 Å². The van der Waals surface area contributed by atoms with Crippen molar-refractivity contribution in [2.75, 3.05) is 52.9 Å². The average molecular weight is 1490 g/mol. The van der Waals surface area contributed by atoms with Crippen LogP contribution < -0.4 is 33.2 Å². The number of ketones is 1. The zero-order valence-electron chi connectivity index (χ0n) is 61.4. The Morgan fingerprint density at radius 2 is 0.789 bits per heavy atom. The molecular weight excluding hydrogens is 1390 g/mol. The molecule has 109 heavy (non-hydrogen) atoms. The van der Waals surface area contributed by atoms with Crippen LogP contribution in [0.3, 0.4) is 0 Å². The van der Waals surface area contributed by atoms with Crippen molar-refractivity contribution in [2.24, 2.45) is 11.8 Å². The Kier molecular flexibility index (Phi) is 31.1. The SMILES string of the molecule is C=CC(=O)CCCCCCCOc1ccc(OC(=O)C2CCC(OC(=O)c3ccc(C(=O)Oc4cccc(-c5nc6ccc(OCCOCCOCC)cc6nc5-c5cccc(OC(=O)c6ccc(C(=O)OC7CCC(C(=O)Oc8ccc(OCCCCCCOC(=O)C=C)cc8)CC7)cc6)c5)c4)cc3)CC2)cc1. The maximum atomic E-state index is 13.8. The molecule has 2 fully saturated rings. The molecule has 1 heterocycles. The van der Waals surface area contributed by atoms with Crippen molar-refractivity contribution in [1.29, 1.82) is 0 Å². The van der Waals surface area contributed by atoms with E-state index in [1.807, 2.05) is 6.92 Å². The highest BCUT2D eigenvalue weighted by Gasteiger charge is 2.32. The fraction of sp³-hybridized carbons (Fsp3) is 0.356. The predicted molar refractivity (Wildman–Crippen MR) is 406 cm³/mol. The molecule has 0 N–H and O–H groups in total. The van der Waals surface area contributed by atoms with Crippen molar-refractivity contribution < 1.29 is 95.2 Å². The van der Waals surface area contributed by atoms with Crippen LogP contribution in [0.5, 0.6) is 40.2 Å². The van der Waals surface area contributed by atoms with E-state index >= 15 is 0 Å². The van der Waals surface area contributed by atoms with Crippen molar-refractivity contribution in [3.63, 3.8) is 0 Å². The fourth-order valence-electron chi connectivity index (χ4n) is 12.4. The van der Waals surface area contributed by atoms with E-state index < -0.39 is 42.1 Å². The van der Waals surface area contributed by atoms with E-state index in [-0.39, 0.29) is 69.9 Å². The largest absolute Gasteiger partial charge is 0.494 e. The van der Waals surface area contributed by atoms with Gasteiger partial charge in [0.15, 0.2) is 5.78 Å². The van der Waals surface area contributed by atoms with Crippen LogP contribution in [-0.4, -0.2) is 123 Å². The first-order chi connectivity index (χ1) is 53.2. The van der Waals surface area contributed by atoms with Gasteiger partial charge in [0.1, 0.15) is 59.1 Å². The van der Waals surface area contributed by atoms with E-state index in [4.69, 9.17) is 66.8 Å². The van der Waals surface area contributed by atoms with E-state index in [9.17, 15) is 38.4 Å². The summed E-state index contributed by atoms with van der Waals surface area (Å²) in [6.07, 6.45) is 14.3. The van der Waals surface area contributed by atoms with E-state index in [0.717, 1.165) is 63.9 Å². The third kappa shape index (κ3) is 25.4. The maximum absolute atomic E-state index is 13.8. The number of aromatic nitrogens is 2. The molecule has 1 aromatic heterocycles. The lowest BCUT2D eigenvalue weighted by atomic mass is 9.87. The van der Waals surface area contributed by atoms with Gasteiger partial charge in [-0.3, -0.25) is 14.4 Å². The third-order valence-corrected chi connectivity index (χ3v) is 18.5. The van der Waals surface area contributed by atoms with E-state index in [0.29, 0.717) is 166 Å². The molecule has 0 bridgehead atoms. The second kappa shape index (κ2) is 42.3. The molecule has 2 saturated carbocycles. The minimum atomic E-state index is -0.692. The number of carbonyl (C=O) groups is 8. The molecule has 0 spiro atoms. The number of ether oxygens (including phenoxy) is 12. The van der Waals surface area contributed by atoms with Crippen LogP contribution in [0.1, 0.15) is 164 Å². The Bertz CT molecular complexity index is 4370. The van der Waals surface area contributed by atoms with Gasteiger partial charge in [-0.15, -0.1) is 0 Å². The number of nitrogens with zero attached hydrogens (tertiary/aromatic N) is 2. The predicted octanol–water partition coefficient (Wildman–Crippen LogP) is 16.6. The molecule has 22 nitrogen and oxygen atoms in total. The summed E-state index contributed by atoms with van der Waals surface area (Å²) in [5.41, 5.74) is 3.70. The maximum Gasteiger partial charge on any atom is 0.343 e. The molecule has 0 radical (unpaired) electrons. The number of esters is 7. The average Bonchev–Trinajstić information content (AvgIpc) is 0.772. The minimum absolute atomic E-state index is 0.0790. The summed E-state index contributed by atoms with van der Waals surface area (Å²) < 4.78 is 68.7. The molecule has 0 aliphatic heterocycles. The highest BCUT2D eigenvalue weighted by atomic mass is 16.6. The van der Waals surface area contributed by atoms with Gasteiger partial charge in [0.05, 0.1) is 96.2 Å². The summed E-state index contributed by atoms with van der Waals surface area (Å²) in [4.78, 5) is 113. The number of hydrogen-bond donors (Lipinski definition) is 0. The molecule has 570 valence electrons. The first-order valence-corrected chi connectivity index (χ1v) is 37.4. The quantitative estimate of drug-likeness (QED) is 0.0113. The molecule has 7 aromatic carbocycles. The molecule has 0 saturated heterocycles. The monoisotopic (exact) mass is 1480 g/mol. The lowest BCUT2D eigenvalue weighted by Crippen LogP contribution is -2.30. The van der Waals surface area contributed by atoms with Crippen LogP contribution in [0.4, 0.5) is 0 Å². The molecule has 22 heteroatoms. The number of fused-ring (bicyclic) bond motifs is 1. The van der Waals surface area contributed by atoms with Gasteiger partial charge in [-0.2, -0.15) is 0 Å². The number of hydrogen-bond acceptors (Lipinski definition) is 22. The van der Waals surface area contributed by atoms with Crippen LogP contribution in [0.15, 0.2) is 189 Å². The summed E-state index contributed by atoms with van der Waals surface area (Å²) in [7, 11) is 0. The fourth-order valence-corrected chi connectivity index (χ4v) is 12.4. The molecule has 8 aromatic rings. The van der Waals surface area contributed by atoms with E-state index in [1.165, 1.54) is 54.6 Å². The third-order valence-electron chi connectivity index (χ3n) is 18.5. The van der Waals surface area contributed by atoms with Crippen LogP contribution in [0, 0.1) is 11.8 Å². The highest BCUT2D eigenvalue weighted by molar-refractivity contribution is 5.96. The van der Waals surface area contributed by atoms with Crippen LogP contribution in [0.2, 0.25) is 0 Å². The Balaban J connectivity index is 0.703. The highest BCUT2D eigenvalue weighted by Crippen LogP contribution is 2.37. The van der Waals surface area contributed by atoms with Crippen LogP contribution >= 0.6 is 0 Å². The van der Waals surface area contributed by atoms with Gasteiger partial charge >= 0.3 is 41.8 Å². The lowest BCUT2D eigenvalue weighted by Gasteiger charge is -2.27. The molecule has 10 rings (SSSR count). The van der Waals surface area contributed by atoms with Crippen molar-refractivity contribution in [2.45, 2.75) is 135 Å². The summed E-state index contributed by atoms with van der Waals surface area (Å²) in [5, 5.41) is 0. The van der Waals surface area contributed by atoms with Gasteiger partial charge < -0.3 is 56.8 Å². The second-order valence-electron chi connectivity index (χ2n) is 26.4. The number of rotatable bonds is 41. The zero-order valence-corrected chi connectivity index (χ0v) is 61.4. The lowest BCUT2D eigenvalue weighted by molar-refractivity contribution is -0.141. The molecule has 2 aliphatic rings. The Labute approximate surface area is 634 Å². The van der Waals surface area contributed by atoms with Gasteiger partial charge in [-0.25, -0.2) is 33.9 Å². The summed E-state index contributed by atoms with van der Waals surface area (Å²) in [5.74, 6) is -1.19. The first kappa shape index (κ1) is 80.2. The van der Waals surface area contributed by atoms with Crippen molar-refractivity contribution >= 4 is 58.6 Å². The van der Waals surface area contributed by atoms with Gasteiger partial charge in [-0.1, -0.05) is 56.7 Å². The van der Waals surface area contributed by atoms with E-state index in [2.05, 4.69) is 13.2 Å². The summed E-state index contributed by atoms with van der Waals surface area (Å²) >= 11 is 0. The smallest absolute Gasteiger partial charge is 0.343 e. The molecule has 0 amide bonds. The van der Waals surface area contributed by atoms with Gasteiger partial charge in [0.25, 0.3) is 0 Å². The first-order valence-electron chi connectivity index (χ1n) is 37.4. The summed E-state index contributed by atoms with van der Waals surface area (Å²) in [6.45, 7) is 12.4. The molecular formula is C87H92N2O20. The Morgan fingerprint density at radius 1 is 0.376 bits per heavy atom. The molecule has 2 aliphatic carbocycles. The standard InChI is InChI=1S/C87H92N2O20/c1-4-67(90)20-12-8-7-9-13-49-100-68-39-43-72(44-40-68)106-84(94)63-31-35-70(36-32-63)104-82(92)59-23-27-61(28-24-59)86(96)108-75-21-16-18-65(56-75)80-81(89-78-58-74(47-48-77(78)88-80)102-55-54-99-53-52-98-6-3)66-19-17-22-76(57-66)109-87(97)62-29-25-60(26-30-62)83(93)105-71-37-33-64(34-38-71)85(95)107-73-45-41-69(42-46-73)101-50-14-10-11-15-51-103-79(91)5-2/h4-5,16-19,21-30,39-48,56-58,63-64,70-71H,1-2,6-15,20,31-38,49-55H2,3H3. The number of carbonyl (C=O) groups excluding carboxylic acids is 8. The van der Waals surface area contributed by atoms with Crippen molar-refractivity contribution in [1.82, 2.24) is 9.97 Å². The number of benzene rings is 7. The topological polar surface area (TPSA) is 273 Å². The van der Waals surface area contributed by atoms with Gasteiger partial charge in [0.2, 0.25) is 0 Å². The Morgan fingerprint density at radius 3 is 1.27 bits per heavy atom. The van der Waals surface area contributed by atoms with Crippen molar-refractivity contribution in [3.05, 3.63) is 211 Å². The zero-order chi connectivity index (χ0) is 76.5. The molecule has 0 unspecified atom stereocenters. The van der Waals surface area contributed by atoms with E-state index in [1.54, 1.807) is 115 Å². The Hall–Kier alpha value is -11.4. The number of unbranched alkanes of at least 4 members (excludes halogenated alkanes) is 7. The normalized spacial score (nSPS) is 15.3. The van der Waals surface area contributed by atoms with Crippen molar-refractivity contribution in [3.8, 4) is 62.8 Å². The van der Waals surface area contributed by atoms with Crippen LogP contribution in [0.25, 0.3) is 33.5 Å². The van der Waals surface area contributed by atoms with Gasteiger partial charge in [0, 0.05) is 36.3 Å². The second-order valence-corrected chi connectivity index (χ2v) is 26.4. The minimum Gasteiger partial charge on any atom is -0.494 e.